The number of rotatable bonds is 3. The molecule has 3 nitrogen and oxygen atoms in total. The first-order chi connectivity index (χ1) is 20.3. The molecular weight excluding hydrogens is 502 g/mol. The molecule has 0 bridgehead atoms. The number of para-hydroxylation sites is 3. The van der Waals surface area contributed by atoms with E-state index in [1.165, 1.54) is 21.5 Å². The largest absolute Gasteiger partial charge is 0.456 e. The average Bonchev–Trinajstić information content (AvgIpc) is 3.58. The zero-order chi connectivity index (χ0) is 26.9. The highest BCUT2D eigenvalue weighted by atomic mass is 16.3. The number of hydrogen-bond acceptors (Lipinski definition) is 3. The summed E-state index contributed by atoms with van der Waals surface area (Å²) in [4.78, 5) is 2.32. The Kier molecular flexibility index (Phi) is 4.61. The molecule has 0 saturated heterocycles. The van der Waals surface area contributed by atoms with E-state index in [2.05, 4.69) is 120 Å². The molecule has 0 amide bonds. The van der Waals surface area contributed by atoms with Gasteiger partial charge in [0.1, 0.15) is 22.3 Å². The second-order valence-electron chi connectivity index (χ2n) is 10.6. The van der Waals surface area contributed by atoms with Gasteiger partial charge < -0.3 is 13.7 Å². The fourth-order valence-electron chi connectivity index (χ4n) is 6.28. The lowest BCUT2D eigenvalue weighted by Crippen LogP contribution is -2.09. The van der Waals surface area contributed by atoms with Gasteiger partial charge in [0.25, 0.3) is 0 Å². The molecule has 2 aromatic heterocycles. The van der Waals surface area contributed by atoms with E-state index in [1.54, 1.807) is 0 Å². The molecule has 7 aromatic carbocycles. The van der Waals surface area contributed by atoms with Crippen LogP contribution < -0.4 is 4.90 Å². The SMILES string of the molecule is c1ccc(N(c2ccc3ccc4cc5oc6ccccc6c5cc4c3c2)c2ccc3oc4ccccc4c3c2)cc1. The van der Waals surface area contributed by atoms with E-state index in [-0.39, 0.29) is 0 Å². The summed E-state index contributed by atoms with van der Waals surface area (Å²) in [5.74, 6) is 0. The van der Waals surface area contributed by atoms with Crippen molar-refractivity contribution >= 4 is 82.5 Å². The topological polar surface area (TPSA) is 29.5 Å². The van der Waals surface area contributed by atoms with Crippen molar-refractivity contribution < 1.29 is 8.83 Å². The third kappa shape index (κ3) is 3.39. The molecule has 0 aliphatic rings. The molecule has 0 saturated carbocycles. The van der Waals surface area contributed by atoms with Gasteiger partial charge >= 0.3 is 0 Å². The van der Waals surface area contributed by atoms with Crippen molar-refractivity contribution in [2.75, 3.05) is 4.90 Å². The number of benzene rings is 7. The quantitative estimate of drug-likeness (QED) is 0.215. The second kappa shape index (κ2) is 8.48. The van der Waals surface area contributed by atoms with Crippen molar-refractivity contribution in [2.45, 2.75) is 0 Å². The highest BCUT2D eigenvalue weighted by molar-refractivity contribution is 6.17. The van der Waals surface area contributed by atoms with Gasteiger partial charge in [-0.1, -0.05) is 72.8 Å². The Bertz CT molecular complexity index is 2430. The summed E-state index contributed by atoms with van der Waals surface area (Å²) in [5, 5.41) is 9.32. The van der Waals surface area contributed by atoms with Crippen molar-refractivity contribution in [3.63, 3.8) is 0 Å². The van der Waals surface area contributed by atoms with E-state index < -0.39 is 0 Å². The molecule has 41 heavy (non-hydrogen) atoms. The lowest BCUT2D eigenvalue weighted by atomic mass is 9.99. The molecule has 0 atom stereocenters. The Morgan fingerprint density at radius 3 is 1.63 bits per heavy atom. The van der Waals surface area contributed by atoms with Gasteiger partial charge in [-0.15, -0.1) is 0 Å². The highest BCUT2D eigenvalue weighted by Gasteiger charge is 2.17. The van der Waals surface area contributed by atoms with Crippen LogP contribution in [0.3, 0.4) is 0 Å². The Labute approximate surface area is 235 Å². The van der Waals surface area contributed by atoms with Crippen LogP contribution in [0.15, 0.2) is 148 Å². The fraction of sp³-hybridized carbons (Fsp3) is 0. The van der Waals surface area contributed by atoms with Gasteiger partial charge in [0, 0.05) is 38.6 Å². The maximum absolute atomic E-state index is 6.19. The Morgan fingerprint density at radius 1 is 0.317 bits per heavy atom. The summed E-state index contributed by atoms with van der Waals surface area (Å²) in [6, 6.07) is 49.1. The van der Waals surface area contributed by atoms with Crippen molar-refractivity contribution in [1.29, 1.82) is 0 Å². The Hall–Kier alpha value is -5.54. The zero-order valence-electron chi connectivity index (χ0n) is 22.0. The van der Waals surface area contributed by atoms with Crippen LogP contribution in [0.4, 0.5) is 17.1 Å². The number of anilines is 3. The summed E-state index contributed by atoms with van der Waals surface area (Å²) in [7, 11) is 0. The van der Waals surface area contributed by atoms with Gasteiger partial charge in [-0.05, 0) is 88.3 Å². The van der Waals surface area contributed by atoms with Gasteiger partial charge in [0.05, 0.1) is 0 Å². The predicted octanol–water partition coefficient (Wildman–Crippen LogP) is 11.3. The van der Waals surface area contributed by atoms with Crippen LogP contribution in [0.25, 0.3) is 65.4 Å². The second-order valence-corrected chi connectivity index (χ2v) is 10.6. The van der Waals surface area contributed by atoms with Crippen LogP contribution in [0.1, 0.15) is 0 Å². The fourth-order valence-corrected chi connectivity index (χ4v) is 6.28. The van der Waals surface area contributed by atoms with Gasteiger partial charge in [-0.2, -0.15) is 0 Å². The molecule has 0 aliphatic carbocycles. The average molecular weight is 526 g/mol. The smallest absolute Gasteiger partial charge is 0.136 e. The minimum absolute atomic E-state index is 0.892. The van der Waals surface area contributed by atoms with E-state index in [9.17, 15) is 0 Å². The normalized spacial score (nSPS) is 11.9. The molecule has 0 unspecified atom stereocenters. The Balaban J connectivity index is 1.30. The molecular formula is C38H23NO2. The molecule has 2 heterocycles. The van der Waals surface area contributed by atoms with Crippen LogP contribution in [0.2, 0.25) is 0 Å². The Morgan fingerprint density at radius 2 is 0.854 bits per heavy atom. The monoisotopic (exact) mass is 525 g/mol. The minimum atomic E-state index is 0.892. The first kappa shape index (κ1) is 22.3. The summed E-state index contributed by atoms with van der Waals surface area (Å²) in [5.41, 5.74) is 6.91. The molecule has 3 heteroatoms. The molecule has 9 rings (SSSR count). The molecule has 0 spiro atoms. The standard InChI is InChI=1S/C38H23NO2/c1-2-8-26(9-3-1)39(28-18-19-37-33(22-28)29-10-4-6-12-35(29)40-37)27-17-16-24-14-15-25-20-38-34(23-32(25)31(24)21-27)30-11-5-7-13-36(30)41-38/h1-23H. The van der Waals surface area contributed by atoms with Crippen molar-refractivity contribution in [3.05, 3.63) is 140 Å². The molecule has 0 radical (unpaired) electrons. The molecule has 0 N–H and O–H groups in total. The van der Waals surface area contributed by atoms with Gasteiger partial charge in [-0.25, -0.2) is 0 Å². The van der Waals surface area contributed by atoms with Crippen molar-refractivity contribution in [1.82, 2.24) is 0 Å². The van der Waals surface area contributed by atoms with Crippen LogP contribution in [0.5, 0.6) is 0 Å². The van der Waals surface area contributed by atoms with Crippen LogP contribution in [-0.2, 0) is 0 Å². The number of hydrogen-bond donors (Lipinski definition) is 0. The molecule has 0 aliphatic heterocycles. The van der Waals surface area contributed by atoms with E-state index in [0.29, 0.717) is 0 Å². The number of nitrogens with zero attached hydrogens (tertiary/aromatic N) is 1. The van der Waals surface area contributed by atoms with Crippen molar-refractivity contribution in [2.24, 2.45) is 0 Å². The van der Waals surface area contributed by atoms with E-state index in [1.807, 2.05) is 24.3 Å². The predicted molar refractivity (Wildman–Crippen MR) is 171 cm³/mol. The summed E-state index contributed by atoms with van der Waals surface area (Å²) < 4.78 is 12.3. The maximum atomic E-state index is 6.19. The molecule has 192 valence electrons. The highest BCUT2D eigenvalue weighted by Crippen LogP contribution is 2.41. The van der Waals surface area contributed by atoms with Crippen molar-refractivity contribution in [3.8, 4) is 0 Å². The van der Waals surface area contributed by atoms with Crippen LogP contribution in [0, 0.1) is 0 Å². The first-order valence-corrected chi connectivity index (χ1v) is 13.8. The summed E-state index contributed by atoms with van der Waals surface area (Å²) in [6.45, 7) is 0. The minimum Gasteiger partial charge on any atom is -0.456 e. The molecule has 9 aromatic rings. The maximum Gasteiger partial charge on any atom is 0.136 e. The summed E-state index contributed by atoms with van der Waals surface area (Å²) >= 11 is 0. The summed E-state index contributed by atoms with van der Waals surface area (Å²) in [6.07, 6.45) is 0. The van der Waals surface area contributed by atoms with E-state index in [4.69, 9.17) is 8.83 Å². The van der Waals surface area contributed by atoms with Gasteiger partial charge in [-0.3, -0.25) is 0 Å². The zero-order valence-corrected chi connectivity index (χ0v) is 22.0. The van der Waals surface area contributed by atoms with Gasteiger partial charge in [0.2, 0.25) is 0 Å². The number of fused-ring (bicyclic) bond motifs is 9. The van der Waals surface area contributed by atoms with Crippen LogP contribution >= 0.6 is 0 Å². The third-order valence-electron chi connectivity index (χ3n) is 8.21. The van der Waals surface area contributed by atoms with E-state index in [0.717, 1.165) is 60.9 Å². The van der Waals surface area contributed by atoms with Crippen LogP contribution in [-0.4, -0.2) is 0 Å². The number of furan rings is 2. The van der Waals surface area contributed by atoms with Gasteiger partial charge in [0.15, 0.2) is 0 Å². The third-order valence-corrected chi connectivity index (χ3v) is 8.21. The molecule has 0 fully saturated rings. The lowest BCUT2D eigenvalue weighted by molar-refractivity contribution is 0.668. The lowest BCUT2D eigenvalue weighted by Gasteiger charge is -2.26. The first-order valence-electron chi connectivity index (χ1n) is 13.8. The van der Waals surface area contributed by atoms with E-state index >= 15 is 0 Å².